The first-order chi connectivity index (χ1) is 16.9. The second kappa shape index (κ2) is 10.5. The van der Waals surface area contributed by atoms with Crippen LogP contribution in [0.15, 0.2) is 66.7 Å². The van der Waals surface area contributed by atoms with E-state index in [2.05, 4.69) is 0 Å². The van der Waals surface area contributed by atoms with E-state index in [1.807, 2.05) is 47.4 Å². The number of carbonyl (C=O) groups is 2. The summed E-state index contributed by atoms with van der Waals surface area (Å²) in [5.41, 5.74) is 3.65. The average molecular weight is 475 g/mol. The van der Waals surface area contributed by atoms with Crippen LogP contribution in [0, 0.1) is 0 Å². The molecule has 1 aliphatic rings. The van der Waals surface area contributed by atoms with Gasteiger partial charge in [-0.1, -0.05) is 36.4 Å². The summed E-state index contributed by atoms with van der Waals surface area (Å²) in [5, 5.41) is 0. The number of ether oxygens (including phenoxy) is 3. The molecular formula is C28H30N2O5. The molecule has 1 atom stereocenters. The zero-order valence-corrected chi connectivity index (χ0v) is 20.5. The molecule has 2 amide bonds. The van der Waals surface area contributed by atoms with Gasteiger partial charge in [-0.3, -0.25) is 9.59 Å². The third-order valence-corrected chi connectivity index (χ3v) is 6.19. The predicted molar refractivity (Wildman–Crippen MR) is 133 cm³/mol. The third-order valence-electron chi connectivity index (χ3n) is 6.19. The molecule has 4 rings (SSSR count). The van der Waals surface area contributed by atoms with E-state index in [0.717, 1.165) is 16.7 Å². The Balaban J connectivity index is 1.69. The van der Waals surface area contributed by atoms with Crippen molar-refractivity contribution >= 4 is 11.8 Å². The lowest BCUT2D eigenvalue weighted by Gasteiger charge is -2.38. The number of nitrogens with zero attached hydrogens (tertiary/aromatic N) is 2. The Hall–Kier alpha value is -4.00. The highest BCUT2D eigenvalue weighted by Crippen LogP contribution is 2.41. The van der Waals surface area contributed by atoms with E-state index in [4.69, 9.17) is 14.2 Å². The van der Waals surface area contributed by atoms with Crippen LogP contribution >= 0.6 is 0 Å². The minimum absolute atomic E-state index is 0.0873. The zero-order chi connectivity index (χ0) is 24.9. The van der Waals surface area contributed by atoms with Crippen LogP contribution in [0.3, 0.4) is 0 Å². The molecule has 7 heteroatoms. The number of methoxy groups -OCH3 is 2. The first-order valence-electron chi connectivity index (χ1n) is 11.5. The first kappa shape index (κ1) is 24.1. The molecule has 182 valence electrons. The minimum atomic E-state index is -0.285. The van der Waals surface area contributed by atoms with Crippen LogP contribution in [0.2, 0.25) is 0 Å². The van der Waals surface area contributed by atoms with Crippen molar-refractivity contribution in [1.82, 2.24) is 9.80 Å². The highest BCUT2D eigenvalue weighted by Gasteiger charge is 2.34. The molecule has 0 aromatic heterocycles. The van der Waals surface area contributed by atoms with Crippen LogP contribution in [0.1, 0.15) is 33.1 Å². The highest BCUT2D eigenvalue weighted by atomic mass is 16.5. The van der Waals surface area contributed by atoms with E-state index in [0.29, 0.717) is 35.8 Å². The Kier molecular flexibility index (Phi) is 7.25. The van der Waals surface area contributed by atoms with E-state index in [-0.39, 0.29) is 24.5 Å². The van der Waals surface area contributed by atoms with E-state index in [1.165, 1.54) is 4.90 Å². The van der Waals surface area contributed by atoms with Crippen molar-refractivity contribution in [3.63, 3.8) is 0 Å². The Labute approximate surface area is 205 Å². The summed E-state index contributed by atoms with van der Waals surface area (Å²) in [4.78, 5) is 29.1. The SMILES string of the molecule is COc1cc2c(cc1OC)C(c1ccccc1)N(C(=O)c1cccc(OCC(=O)N(C)C)c1)CC2. The Bertz CT molecular complexity index is 1210. The lowest BCUT2D eigenvalue weighted by molar-refractivity contribution is -0.130. The van der Waals surface area contributed by atoms with Crippen molar-refractivity contribution < 1.29 is 23.8 Å². The molecule has 0 bridgehead atoms. The van der Waals surface area contributed by atoms with Gasteiger partial charge in [-0.05, 0) is 53.4 Å². The lowest BCUT2D eigenvalue weighted by Crippen LogP contribution is -2.40. The summed E-state index contributed by atoms with van der Waals surface area (Å²) in [6, 6.07) is 20.6. The van der Waals surface area contributed by atoms with Crippen molar-refractivity contribution in [2.45, 2.75) is 12.5 Å². The van der Waals surface area contributed by atoms with Crippen molar-refractivity contribution in [3.05, 3.63) is 89.0 Å². The van der Waals surface area contributed by atoms with Crippen LogP contribution < -0.4 is 14.2 Å². The monoisotopic (exact) mass is 474 g/mol. The molecule has 1 unspecified atom stereocenters. The number of rotatable bonds is 7. The van der Waals surface area contributed by atoms with Crippen LogP contribution in [0.4, 0.5) is 0 Å². The first-order valence-corrected chi connectivity index (χ1v) is 11.5. The average Bonchev–Trinajstić information content (AvgIpc) is 2.90. The predicted octanol–water partition coefficient (Wildman–Crippen LogP) is 3.96. The molecule has 3 aromatic carbocycles. The molecule has 3 aromatic rings. The largest absolute Gasteiger partial charge is 0.493 e. The van der Waals surface area contributed by atoms with Gasteiger partial charge in [0.2, 0.25) is 0 Å². The maximum Gasteiger partial charge on any atom is 0.259 e. The summed E-state index contributed by atoms with van der Waals surface area (Å²) < 4.78 is 16.7. The summed E-state index contributed by atoms with van der Waals surface area (Å²) >= 11 is 0. The van der Waals surface area contributed by atoms with Crippen LogP contribution in [0.5, 0.6) is 17.2 Å². The summed E-state index contributed by atoms with van der Waals surface area (Å²) in [5.74, 6) is 1.52. The van der Waals surface area contributed by atoms with Gasteiger partial charge in [-0.25, -0.2) is 0 Å². The second-order valence-electron chi connectivity index (χ2n) is 8.57. The number of benzene rings is 3. The van der Waals surface area contributed by atoms with Crippen molar-refractivity contribution in [2.75, 3.05) is 41.5 Å². The van der Waals surface area contributed by atoms with E-state index >= 15 is 0 Å². The van der Waals surface area contributed by atoms with Crippen LogP contribution in [-0.4, -0.2) is 63.1 Å². The zero-order valence-electron chi connectivity index (χ0n) is 20.5. The molecular weight excluding hydrogens is 444 g/mol. The van der Waals surface area contributed by atoms with Crippen molar-refractivity contribution in [2.24, 2.45) is 0 Å². The fourth-order valence-corrected chi connectivity index (χ4v) is 4.32. The summed E-state index contributed by atoms with van der Waals surface area (Å²) in [7, 11) is 6.58. The Morgan fingerprint density at radius 1 is 0.943 bits per heavy atom. The maximum atomic E-state index is 13.8. The number of amides is 2. The Morgan fingerprint density at radius 2 is 1.66 bits per heavy atom. The van der Waals surface area contributed by atoms with Gasteiger partial charge in [0.05, 0.1) is 20.3 Å². The lowest BCUT2D eigenvalue weighted by atomic mass is 9.87. The van der Waals surface area contributed by atoms with Crippen LogP contribution in [0.25, 0.3) is 0 Å². The number of carbonyl (C=O) groups excluding carboxylic acids is 2. The molecule has 0 spiro atoms. The van der Waals surface area contributed by atoms with Crippen LogP contribution in [-0.2, 0) is 11.2 Å². The molecule has 7 nitrogen and oxygen atoms in total. The van der Waals surface area contributed by atoms with Gasteiger partial charge >= 0.3 is 0 Å². The summed E-state index contributed by atoms with van der Waals surface area (Å²) in [6.45, 7) is 0.459. The smallest absolute Gasteiger partial charge is 0.259 e. The number of hydrogen-bond acceptors (Lipinski definition) is 5. The summed E-state index contributed by atoms with van der Waals surface area (Å²) in [6.07, 6.45) is 0.693. The standard InChI is InChI=1S/C28H30N2O5/c1-29(2)26(31)18-35-22-12-8-11-21(15-22)28(32)30-14-13-20-16-24(33-3)25(34-4)17-23(20)27(30)19-9-6-5-7-10-19/h5-12,15-17,27H,13-14,18H2,1-4H3. The van der Waals surface area contributed by atoms with E-state index < -0.39 is 0 Å². The van der Waals surface area contributed by atoms with Crippen molar-refractivity contribution in [1.29, 1.82) is 0 Å². The van der Waals surface area contributed by atoms with Gasteiger partial charge < -0.3 is 24.0 Å². The molecule has 0 fully saturated rings. The molecule has 0 saturated carbocycles. The fraction of sp³-hybridized carbons (Fsp3) is 0.286. The van der Waals surface area contributed by atoms with Gasteiger partial charge in [0.25, 0.3) is 11.8 Å². The van der Waals surface area contributed by atoms with Gasteiger partial charge in [-0.15, -0.1) is 0 Å². The minimum Gasteiger partial charge on any atom is -0.493 e. The number of hydrogen-bond donors (Lipinski definition) is 0. The van der Waals surface area contributed by atoms with Gasteiger partial charge in [-0.2, -0.15) is 0 Å². The molecule has 0 saturated heterocycles. The highest BCUT2D eigenvalue weighted by molar-refractivity contribution is 5.95. The van der Waals surface area contributed by atoms with Gasteiger partial charge in [0, 0.05) is 26.2 Å². The molecule has 1 aliphatic heterocycles. The van der Waals surface area contributed by atoms with Crippen molar-refractivity contribution in [3.8, 4) is 17.2 Å². The van der Waals surface area contributed by atoms with Gasteiger partial charge in [0.15, 0.2) is 18.1 Å². The maximum absolute atomic E-state index is 13.8. The molecule has 35 heavy (non-hydrogen) atoms. The third kappa shape index (κ3) is 5.09. The quantitative estimate of drug-likeness (QED) is 0.519. The number of fused-ring (bicyclic) bond motifs is 1. The number of likely N-dealkylation sites (N-methyl/N-ethyl adjacent to an activating group) is 1. The van der Waals surface area contributed by atoms with E-state index in [1.54, 1.807) is 52.6 Å². The normalized spacial score (nSPS) is 14.6. The topological polar surface area (TPSA) is 68.3 Å². The van der Waals surface area contributed by atoms with E-state index in [9.17, 15) is 9.59 Å². The molecule has 0 radical (unpaired) electrons. The molecule has 1 heterocycles. The molecule has 0 aliphatic carbocycles. The molecule has 0 N–H and O–H groups in total. The second-order valence-corrected chi connectivity index (χ2v) is 8.57. The fourth-order valence-electron chi connectivity index (χ4n) is 4.32. The van der Waals surface area contributed by atoms with Gasteiger partial charge in [0.1, 0.15) is 5.75 Å². The Morgan fingerprint density at radius 3 is 2.34 bits per heavy atom.